The Hall–Kier alpha value is -0.830. The van der Waals surface area contributed by atoms with Crippen LogP contribution >= 0.6 is 0 Å². The fraction of sp³-hybridized carbons (Fsp3) is 0.667. The lowest BCUT2D eigenvalue weighted by Gasteiger charge is -1.99. The Balaban J connectivity index is 2.03. The summed E-state index contributed by atoms with van der Waals surface area (Å²) in [7, 11) is 0. The molecule has 1 saturated carbocycles. The fourth-order valence-corrected chi connectivity index (χ4v) is 1.39. The van der Waals surface area contributed by atoms with Gasteiger partial charge in [0.05, 0.1) is 0 Å². The number of imidazole rings is 1. The lowest BCUT2D eigenvalue weighted by molar-refractivity contribution is 0.708. The van der Waals surface area contributed by atoms with Crippen LogP contribution in [0, 0.1) is 0 Å². The number of aromatic amines is 1. The summed E-state index contributed by atoms with van der Waals surface area (Å²) in [6, 6.07) is 0.197. The van der Waals surface area contributed by atoms with Gasteiger partial charge < -0.3 is 10.7 Å². The van der Waals surface area contributed by atoms with Crippen molar-refractivity contribution in [3.63, 3.8) is 0 Å². The molecule has 12 heavy (non-hydrogen) atoms. The Morgan fingerprint density at radius 3 is 3.08 bits per heavy atom. The number of nitrogens with two attached hydrogens (primary N) is 1. The van der Waals surface area contributed by atoms with Gasteiger partial charge in [-0.25, -0.2) is 4.98 Å². The normalized spacial score (nSPS) is 19.5. The van der Waals surface area contributed by atoms with Crippen LogP contribution in [0.25, 0.3) is 0 Å². The largest absolute Gasteiger partial charge is 0.346 e. The second-order valence-corrected chi connectivity index (χ2v) is 3.74. The zero-order chi connectivity index (χ0) is 8.55. The molecule has 0 aliphatic heterocycles. The molecule has 0 bridgehead atoms. The van der Waals surface area contributed by atoms with Crippen LogP contribution in [0.2, 0.25) is 0 Å². The molecular formula is C9H15N3. The van der Waals surface area contributed by atoms with Crippen LogP contribution < -0.4 is 5.73 Å². The molecule has 0 spiro atoms. The van der Waals surface area contributed by atoms with Gasteiger partial charge in [-0.2, -0.15) is 0 Å². The summed E-state index contributed by atoms with van der Waals surface area (Å²) in [6.45, 7) is 2.00. The summed E-state index contributed by atoms with van der Waals surface area (Å²) < 4.78 is 0. The topological polar surface area (TPSA) is 54.7 Å². The van der Waals surface area contributed by atoms with Crippen molar-refractivity contribution in [1.29, 1.82) is 0 Å². The Morgan fingerprint density at radius 1 is 1.75 bits per heavy atom. The summed E-state index contributed by atoms with van der Waals surface area (Å²) in [5.41, 5.74) is 6.96. The molecule has 3 heteroatoms. The minimum atomic E-state index is 0.197. The summed E-state index contributed by atoms with van der Waals surface area (Å²) in [6.07, 6.45) is 5.45. The van der Waals surface area contributed by atoms with E-state index in [4.69, 9.17) is 5.73 Å². The minimum absolute atomic E-state index is 0.197. The third kappa shape index (κ3) is 1.67. The Morgan fingerprint density at radius 2 is 2.50 bits per heavy atom. The summed E-state index contributed by atoms with van der Waals surface area (Å²) in [5.74, 6) is 1.80. The molecule has 3 nitrogen and oxygen atoms in total. The van der Waals surface area contributed by atoms with Gasteiger partial charge in [-0.1, -0.05) is 0 Å². The maximum absolute atomic E-state index is 5.67. The molecule has 2 rings (SSSR count). The fourth-order valence-electron chi connectivity index (χ4n) is 1.39. The Kier molecular flexibility index (Phi) is 1.89. The minimum Gasteiger partial charge on any atom is -0.346 e. The highest BCUT2D eigenvalue weighted by molar-refractivity contribution is 5.13. The average Bonchev–Trinajstić information content (AvgIpc) is 2.73. The monoisotopic (exact) mass is 165 g/mol. The van der Waals surface area contributed by atoms with Crippen molar-refractivity contribution in [2.75, 3.05) is 0 Å². The van der Waals surface area contributed by atoms with Crippen LogP contribution in [0.1, 0.15) is 37.2 Å². The van der Waals surface area contributed by atoms with E-state index < -0.39 is 0 Å². The van der Waals surface area contributed by atoms with Gasteiger partial charge in [0.2, 0.25) is 0 Å². The van der Waals surface area contributed by atoms with Crippen molar-refractivity contribution in [1.82, 2.24) is 9.97 Å². The molecule has 1 aliphatic carbocycles. The van der Waals surface area contributed by atoms with E-state index in [1.54, 1.807) is 0 Å². The maximum atomic E-state index is 5.67. The predicted octanol–water partition coefficient (Wildman–Crippen LogP) is 1.18. The summed E-state index contributed by atoms with van der Waals surface area (Å²) >= 11 is 0. The lowest BCUT2D eigenvalue weighted by Crippen LogP contribution is -2.18. The molecular weight excluding hydrogens is 150 g/mol. The second-order valence-electron chi connectivity index (χ2n) is 3.74. The number of aromatic nitrogens is 2. The van der Waals surface area contributed by atoms with E-state index in [1.807, 2.05) is 13.1 Å². The quantitative estimate of drug-likeness (QED) is 0.706. The zero-order valence-corrected chi connectivity index (χ0v) is 7.38. The van der Waals surface area contributed by atoms with E-state index in [-0.39, 0.29) is 6.04 Å². The SMILES string of the molecule is CC(N)Cc1ncc(C2CC2)[nH]1. The molecule has 66 valence electrons. The van der Waals surface area contributed by atoms with Crippen LogP contribution in [-0.2, 0) is 6.42 Å². The van der Waals surface area contributed by atoms with Gasteiger partial charge in [-0.3, -0.25) is 0 Å². The molecule has 1 aliphatic rings. The molecule has 1 aromatic heterocycles. The standard InChI is InChI=1S/C9H15N3/c1-6(10)4-9-11-5-8(12-9)7-2-3-7/h5-7H,2-4,10H2,1H3,(H,11,12). The first-order valence-corrected chi connectivity index (χ1v) is 4.55. The highest BCUT2D eigenvalue weighted by Gasteiger charge is 2.25. The number of hydrogen-bond acceptors (Lipinski definition) is 2. The van der Waals surface area contributed by atoms with Crippen LogP contribution in [0.5, 0.6) is 0 Å². The van der Waals surface area contributed by atoms with E-state index >= 15 is 0 Å². The second kappa shape index (κ2) is 2.90. The Bertz CT molecular complexity index is 260. The number of hydrogen-bond donors (Lipinski definition) is 2. The average molecular weight is 165 g/mol. The van der Waals surface area contributed by atoms with Gasteiger partial charge in [0.15, 0.2) is 0 Å². The van der Waals surface area contributed by atoms with E-state index in [9.17, 15) is 0 Å². The molecule has 1 atom stereocenters. The van der Waals surface area contributed by atoms with E-state index in [0.29, 0.717) is 0 Å². The van der Waals surface area contributed by atoms with E-state index in [2.05, 4.69) is 9.97 Å². The molecule has 0 aromatic carbocycles. The molecule has 1 unspecified atom stereocenters. The third-order valence-corrected chi connectivity index (χ3v) is 2.18. The van der Waals surface area contributed by atoms with E-state index in [0.717, 1.165) is 18.2 Å². The maximum Gasteiger partial charge on any atom is 0.107 e. The van der Waals surface area contributed by atoms with Gasteiger partial charge in [0.25, 0.3) is 0 Å². The van der Waals surface area contributed by atoms with Crippen molar-refractivity contribution < 1.29 is 0 Å². The smallest absolute Gasteiger partial charge is 0.107 e. The number of nitrogens with zero attached hydrogens (tertiary/aromatic N) is 1. The number of nitrogens with one attached hydrogen (secondary N) is 1. The van der Waals surface area contributed by atoms with Crippen LogP contribution in [0.4, 0.5) is 0 Å². The molecule has 1 aromatic rings. The van der Waals surface area contributed by atoms with E-state index in [1.165, 1.54) is 18.5 Å². The first-order valence-electron chi connectivity index (χ1n) is 4.55. The van der Waals surface area contributed by atoms with Crippen molar-refractivity contribution in [2.24, 2.45) is 5.73 Å². The van der Waals surface area contributed by atoms with Crippen molar-refractivity contribution in [3.8, 4) is 0 Å². The van der Waals surface area contributed by atoms with Gasteiger partial charge >= 0.3 is 0 Å². The molecule has 0 amide bonds. The predicted molar refractivity (Wildman–Crippen MR) is 47.9 cm³/mol. The summed E-state index contributed by atoms with van der Waals surface area (Å²) in [4.78, 5) is 7.60. The number of rotatable bonds is 3. The van der Waals surface area contributed by atoms with Gasteiger partial charge in [0.1, 0.15) is 5.82 Å². The first-order chi connectivity index (χ1) is 5.75. The first kappa shape index (κ1) is 7.80. The summed E-state index contributed by atoms with van der Waals surface area (Å²) in [5, 5.41) is 0. The molecule has 1 heterocycles. The van der Waals surface area contributed by atoms with Crippen molar-refractivity contribution in [2.45, 2.75) is 38.1 Å². The lowest BCUT2D eigenvalue weighted by atomic mass is 10.2. The number of H-pyrrole nitrogens is 1. The molecule has 0 radical (unpaired) electrons. The molecule has 1 fully saturated rings. The van der Waals surface area contributed by atoms with Crippen molar-refractivity contribution in [3.05, 3.63) is 17.7 Å². The van der Waals surface area contributed by atoms with Gasteiger partial charge in [-0.05, 0) is 19.8 Å². The Labute approximate surface area is 72.4 Å². The zero-order valence-electron chi connectivity index (χ0n) is 7.38. The van der Waals surface area contributed by atoms with Crippen LogP contribution in [-0.4, -0.2) is 16.0 Å². The van der Waals surface area contributed by atoms with Crippen molar-refractivity contribution >= 4 is 0 Å². The highest BCUT2D eigenvalue weighted by atomic mass is 14.9. The molecule has 0 saturated heterocycles. The van der Waals surface area contributed by atoms with Gasteiger partial charge in [-0.15, -0.1) is 0 Å². The van der Waals surface area contributed by atoms with Gasteiger partial charge in [0, 0.05) is 30.3 Å². The van der Waals surface area contributed by atoms with Crippen LogP contribution in [0.15, 0.2) is 6.20 Å². The van der Waals surface area contributed by atoms with Crippen LogP contribution in [0.3, 0.4) is 0 Å². The molecule has 3 N–H and O–H groups in total. The third-order valence-electron chi connectivity index (χ3n) is 2.18. The highest BCUT2D eigenvalue weighted by Crippen LogP contribution is 2.38.